The topological polar surface area (TPSA) is 30.5 Å². The van der Waals surface area contributed by atoms with E-state index >= 15 is 0 Å². The van der Waals surface area contributed by atoms with Crippen LogP contribution in [0.4, 0.5) is 22.7 Å². The SMILES string of the molecule is Brc1ccccc1N[C@@H]1c2ccccc2N2[C@H]3c4ccccc4N[C@H]2c2ccccc2N31. The molecule has 3 heterocycles. The van der Waals surface area contributed by atoms with Crippen LogP contribution in [0, 0.1) is 0 Å². The van der Waals surface area contributed by atoms with Crippen molar-refractivity contribution in [3.8, 4) is 0 Å². The number of nitrogens with one attached hydrogen (secondary N) is 2. The number of hydrogen-bond donors (Lipinski definition) is 2. The van der Waals surface area contributed by atoms with Gasteiger partial charge in [-0.2, -0.15) is 0 Å². The number of rotatable bonds is 2. The molecule has 2 N–H and O–H groups in total. The minimum atomic E-state index is -0.0144. The van der Waals surface area contributed by atoms with Crippen LogP contribution in [0.5, 0.6) is 0 Å². The number of anilines is 4. The summed E-state index contributed by atoms with van der Waals surface area (Å²) in [5, 5.41) is 7.69. The Labute approximate surface area is 195 Å². The lowest BCUT2D eigenvalue weighted by Crippen LogP contribution is -2.58. The Balaban J connectivity index is 1.51. The lowest BCUT2D eigenvalue weighted by Gasteiger charge is -2.60. The van der Waals surface area contributed by atoms with Gasteiger partial charge in [-0.05, 0) is 46.3 Å². The molecule has 0 saturated heterocycles. The van der Waals surface area contributed by atoms with Crippen molar-refractivity contribution in [3.63, 3.8) is 0 Å². The molecule has 0 amide bonds. The van der Waals surface area contributed by atoms with E-state index in [1.165, 1.54) is 33.8 Å². The monoisotopic (exact) mass is 480 g/mol. The Bertz CT molecular complexity index is 1350. The average Bonchev–Trinajstić information content (AvgIpc) is 2.84. The van der Waals surface area contributed by atoms with Gasteiger partial charge in [0.15, 0.2) is 0 Å². The van der Waals surface area contributed by atoms with Gasteiger partial charge in [-0.1, -0.05) is 66.7 Å². The minimum Gasteiger partial charge on any atom is -0.361 e. The van der Waals surface area contributed by atoms with Gasteiger partial charge >= 0.3 is 0 Å². The van der Waals surface area contributed by atoms with E-state index in [1.54, 1.807) is 0 Å². The van der Waals surface area contributed by atoms with Crippen molar-refractivity contribution in [2.24, 2.45) is 0 Å². The summed E-state index contributed by atoms with van der Waals surface area (Å²) < 4.78 is 1.06. The van der Waals surface area contributed by atoms with E-state index in [4.69, 9.17) is 0 Å². The number of para-hydroxylation sites is 4. The second kappa shape index (κ2) is 6.78. The van der Waals surface area contributed by atoms with E-state index in [2.05, 4.69) is 133 Å². The Hall–Kier alpha value is -3.44. The molecule has 4 nitrogen and oxygen atoms in total. The smallest absolute Gasteiger partial charge is 0.134 e. The Morgan fingerprint density at radius 2 is 1.28 bits per heavy atom. The first-order valence-corrected chi connectivity index (χ1v) is 11.7. The van der Waals surface area contributed by atoms with Gasteiger partial charge in [-0.15, -0.1) is 0 Å². The number of hydrogen-bond acceptors (Lipinski definition) is 4. The molecule has 0 radical (unpaired) electrons. The van der Waals surface area contributed by atoms with E-state index in [9.17, 15) is 0 Å². The predicted molar refractivity (Wildman–Crippen MR) is 134 cm³/mol. The molecule has 0 fully saturated rings. The summed E-state index contributed by atoms with van der Waals surface area (Å²) in [4.78, 5) is 5.09. The molecule has 3 atom stereocenters. The molecule has 0 unspecified atom stereocenters. The number of nitrogens with zero attached hydrogens (tertiary/aromatic N) is 2. The molecule has 3 aliphatic heterocycles. The van der Waals surface area contributed by atoms with Gasteiger partial charge in [0.2, 0.25) is 0 Å². The lowest BCUT2D eigenvalue weighted by molar-refractivity contribution is 0.432. The van der Waals surface area contributed by atoms with Crippen LogP contribution < -0.4 is 20.4 Å². The third kappa shape index (κ3) is 2.43. The van der Waals surface area contributed by atoms with E-state index in [0.29, 0.717) is 0 Å². The number of benzene rings is 4. The molecule has 156 valence electrons. The Morgan fingerprint density at radius 1 is 0.656 bits per heavy atom. The van der Waals surface area contributed by atoms with Crippen molar-refractivity contribution >= 4 is 38.7 Å². The summed E-state index contributed by atoms with van der Waals surface area (Å²) in [6.45, 7) is 0. The quantitative estimate of drug-likeness (QED) is 0.322. The second-order valence-electron chi connectivity index (χ2n) is 8.47. The van der Waals surface area contributed by atoms with E-state index < -0.39 is 0 Å². The summed E-state index contributed by atoms with van der Waals surface area (Å²) in [6, 6.07) is 34.6. The molecule has 4 aromatic rings. The van der Waals surface area contributed by atoms with E-state index in [-0.39, 0.29) is 18.5 Å². The van der Waals surface area contributed by atoms with E-state index in [0.717, 1.165) is 10.2 Å². The summed E-state index contributed by atoms with van der Waals surface area (Å²) in [5.74, 6) is 0. The highest BCUT2D eigenvalue weighted by molar-refractivity contribution is 9.10. The highest BCUT2D eigenvalue weighted by Gasteiger charge is 2.50. The van der Waals surface area contributed by atoms with Gasteiger partial charge in [-0.25, -0.2) is 0 Å². The fourth-order valence-electron chi connectivity index (χ4n) is 5.49. The molecule has 7 rings (SSSR count). The van der Waals surface area contributed by atoms with Gasteiger partial charge < -0.3 is 20.4 Å². The first-order valence-electron chi connectivity index (χ1n) is 10.9. The largest absolute Gasteiger partial charge is 0.361 e. The summed E-state index contributed by atoms with van der Waals surface area (Å²) >= 11 is 3.74. The van der Waals surface area contributed by atoms with Crippen LogP contribution >= 0.6 is 15.9 Å². The van der Waals surface area contributed by atoms with Crippen molar-refractivity contribution in [2.75, 3.05) is 20.4 Å². The molecular weight excluding hydrogens is 460 g/mol. The summed E-state index contributed by atoms with van der Waals surface area (Å²) in [7, 11) is 0. The fraction of sp³-hybridized carbons (Fsp3) is 0.111. The zero-order chi connectivity index (χ0) is 21.2. The van der Waals surface area contributed by atoms with Crippen LogP contribution in [-0.4, -0.2) is 0 Å². The normalized spacial score (nSPS) is 21.7. The van der Waals surface area contributed by atoms with Crippen LogP contribution in [0.3, 0.4) is 0 Å². The molecule has 0 saturated carbocycles. The molecule has 0 aliphatic carbocycles. The molecule has 32 heavy (non-hydrogen) atoms. The molecular formula is C27H21BrN4. The van der Waals surface area contributed by atoms with E-state index in [1.807, 2.05) is 0 Å². The Kier molecular flexibility index (Phi) is 3.85. The molecule has 3 aliphatic rings. The van der Waals surface area contributed by atoms with Crippen LogP contribution in [0.15, 0.2) is 102 Å². The fourth-order valence-corrected chi connectivity index (χ4v) is 5.89. The number of halogens is 1. The minimum absolute atomic E-state index is 0.0144. The first-order chi connectivity index (χ1) is 15.8. The molecule has 0 aromatic heterocycles. The first kappa shape index (κ1) is 18.2. The average molecular weight is 481 g/mol. The molecule has 0 spiro atoms. The maximum atomic E-state index is 3.87. The van der Waals surface area contributed by atoms with Crippen LogP contribution in [0.25, 0.3) is 0 Å². The highest BCUT2D eigenvalue weighted by Crippen LogP contribution is 2.58. The second-order valence-corrected chi connectivity index (χ2v) is 9.32. The van der Waals surface area contributed by atoms with Crippen LogP contribution in [0.2, 0.25) is 0 Å². The molecule has 4 bridgehead atoms. The van der Waals surface area contributed by atoms with Crippen molar-refractivity contribution < 1.29 is 0 Å². The van der Waals surface area contributed by atoms with Crippen molar-refractivity contribution in [1.82, 2.24) is 0 Å². The summed E-state index contributed by atoms with van der Waals surface area (Å²) in [6.07, 6.45) is 0.176. The van der Waals surface area contributed by atoms with Gasteiger partial charge in [0.05, 0.1) is 5.69 Å². The van der Waals surface area contributed by atoms with Gasteiger partial charge in [-0.3, -0.25) is 0 Å². The van der Waals surface area contributed by atoms with Crippen LogP contribution in [0.1, 0.15) is 35.2 Å². The zero-order valence-corrected chi connectivity index (χ0v) is 18.8. The Morgan fingerprint density at radius 3 is 2.09 bits per heavy atom. The van der Waals surface area contributed by atoms with Crippen molar-refractivity contribution in [3.05, 3.63) is 118 Å². The van der Waals surface area contributed by atoms with Gasteiger partial charge in [0, 0.05) is 38.2 Å². The van der Waals surface area contributed by atoms with Gasteiger partial charge in [0.25, 0.3) is 0 Å². The van der Waals surface area contributed by atoms with Crippen LogP contribution in [-0.2, 0) is 0 Å². The predicted octanol–water partition coefficient (Wildman–Crippen LogP) is 7.02. The molecule has 5 heteroatoms. The third-order valence-electron chi connectivity index (χ3n) is 6.80. The zero-order valence-electron chi connectivity index (χ0n) is 17.2. The van der Waals surface area contributed by atoms with Crippen molar-refractivity contribution in [1.29, 1.82) is 0 Å². The molecule has 4 aromatic carbocycles. The highest BCUT2D eigenvalue weighted by atomic mass is 79.9. The third-order valence-corrected chi connectivity index (χ3v) is 7.49. The standard InChI is InChI=1S/C27H21BrN4/c28-20-12-4-6-14-22(20)30-26-19-11-3-8-16-24(19)31-25-18-10-2-7-15-23(18)32(26)27(31)17-9-1-5-13-21(17)29-25/h1-16,25-27,29-30H/t25-,26+,27-/m1/s1. The summed E-state index contributed by atoms with van der Waals surface area (Å²) in [5.41, 5.74) is 8.69. The maximum Gasteiger partial charge on any atom is 0.134 e. The van der Waals surface area contributed by atoms with Crippen molar-refractivity contribution in [2.45, 2.75) is 18.5 Å². The lowest BCUT2D eigenvalue weighted by atomic mass is 9.88. The van der Waals surface area contributed by atoms with Gasteiger partial charge in [0.1, 0.15) is 18.5 Å². The maximum absolute atomic E-state index is 3.87. The number of fused-ring (bicyclic) bond motifs is 5.